The van der Waals surface area contributed by atoms with Crippen LogP contribution in [0.25, 0.3) is 10.8 Å². The summed E-state index contributed by atoms with van der Waals surface area (Å²) in [6.45, 7) is 0.0403. The molecule has 2 aromatic heterocycles. The lowest BCUT2D eigenvalue weighted by molar-refractivity contribution is -0.274. The van der Waals surface area contributed by atoms with E-state index in [0.29, 0.717) is 18.0 Å². The number of halogens is 3. The van der Waals surface area contributed by atoms with Crippen molar-refractivity contribution in [3.8, 4) is 5.75 Å². The highest BCUT2D eigenvalue weighted by atomic mass is 32.2. The van der Waals surface area contributed by atoms with Crippen LogP contribution in [-0.2, 0) is 35.5 Å². The van der Waals surface area contributed by atoms with Gasteiger partial charge in [0, 0.05) is 37.6 Å². The van der Waals surface area contributed by atoms with Crippen LogP contribution in [0.2, 0.25) is 0 Å². The maximum absolute atomic E-state index is 14.0. The van der Waals surface area contributed by atoms with E-state index in [2.05, 4.69) is 19.4 Å². The molecule has 15 nitrogen and oxygen atoms in total. The number of nitrogens with two attached hydrogens (primary N) is 1. The highest BCUT2D eigenvalue weighted by Gasteiger charge is 2.53. The van der Waals surface area contributed by atoms with E-state index < -0.39 is 70.9 Å². The number of nitrogen functional groups attached to an aromatic ring is 1. The Bertz CT molecular complexity index is 1930. The lowest BCUT2D eigenvalue weighted by Gasteiger charge is -2.38. The summed E-state index contributed by atoms with van der Waals surface area (Å²) in [4.78, 5) is 51.1. The second kappa shape index (κ2) is 14.9. The fraction of sp³-hybridized carbons (Fsp3) is 0.531. The van der Waals surface area contributed by atoms with Crippen LogP contribution in [0.15, 0.2) is 34.8 Å². The summed E-state index contributed by atoms with van der Waals surface area (Å²) < 4.78 is 85.1. The lowest BCUT2D eigenvalue weighted by Crippen LogP contribution is -2.61. The van der Waals surface area contributed by atoms with Gasteiger partial charge in [-0.25, -0.2) is 28.0 Å². The Morgan fingerprint density at radius 3 is 2.48 bits per heavy atom. The summed E-state index contributed by atoms with van der Waals surface area (Å²) in [5.74, 6) is -3.67. The average Bonchev–Trinajstić information content (AvgIpc) is 3.86. The number of pyridine rings is 1. The molecule has 1 amide bonds. The number of carboxylic acids is 1. The van der Waals surface area contributed by atoms with E-state index in [1.165, 1.54) is 24.5 Å². The number of hydrogen-bond acceptors (Lipinski definition) is 13. The second-order valence-corrected chi connectivity index (χ2v) is 15.9. The van der Waals surface area contributed by atoms with Crippen LogP contribution in [-0.4, -0.2) is 96.7 Å². The Morgan fingerprint density at radius 2 is 1.79 bits per heavy atom. The molecular weight excluding hydrogens is 734 g/mol. The Hall–Kier alpha value is -4.43. The van der Waals surface area contributed by atoms with Crippen LogP contribution in [0.1, 0.15) is 56.9 Å². The van der Waals surface area contributed by atoms with Crippen LogP contribution >= 0.6 is 11.3 Å². The predicted octanol–water partition coefficient (Wildman–Crippen LogP) is 4.20. The van der Waals surface area contributed by atoms with Gasteiger partial charge in [-0.1, -0.05) is 17.8 Å². The summed E-state index contributed by atoms with van der Waals surface area (Å²) in [5.41, 5.74) is 3.03. The van der Waals surface area contributed by atoms with Gasteiger partial charge < -0.3 is 34.9 Å². The first-order valence-corrected chi connectivity index (χ1v) is 19.0. The molecular formula is C32H37F3N6O9S2. The van der Waals surface area contributed by atoms with E-state index in [4.69, 9.17) is 15.2 Å². The molecule has 1 saturated carbocycles. The number of rotatable bonds is 12. The van der Waals surface area contributed by atoms with Crippen molar-refractivity contribution in [1.82, 2.24) is 19.6 Å². The molecule has 20 heteroatoms. The number of benzene rings is 1. The van der Waals surface area contributed by atoms with Crippen molar-refractivity contribution in [2.75, 3.05) is 36.9 Å². The van der Waals surface area contributed by atoms with Crippen molar-refractivity contribution in [3.63, 3.8) is 0 Å². The predicted molar refractivity (Wildman–Crippen MR) is 180 cm³/mol. The summed E-state index contributed by atoms with van der Waals surface area (Å²) in [6, 6.07) is 2.16. The van der Waals surface area contributed by atoms with Crippen molar-refractivity contribution in [2.45, 2.75) is 86.0 Å². The normalized spacial score (nSPS) is 19.9. The average molecular weight is 771 g/mol. The number of sulfonamides is 1. The number of nitrogens with zero attached hydrogens (tertiary/aromatic N) is 4. The number of likely N-dealkylation sites (tertiary alicyclic amines) is 1. The first kappa shape index (κ1) is 37.3. The number of thiazole rings is 1. The number of amides is 1. The van der Waals surface area contributed by atoms with Crippen LogP contribution in [0.5, 0.6) is 5.75 Å². The number of aromatic nitrogens is 2. The van der Waals surface area contributed by atoms with Gasteiger partial charge in [0.2, 0.25) is 5.91 Å². The number of hydrogen-bond donors (Lipinski definition) is 3. The number of alkyl halides is 3. The van der Waals surface area contributed by atoms with E-state index in [9.17, 15) is 41.1 Å². The van der Waals surface area contributed by atoms with Gasteiger partial charge in [-0.15, -0.1) is 13.2 Å². The highest BCUT2D eigenvalue weighted by molar-refractivity contribution is 7.91. The molecule has 282 valence electrons. The van der Waals surface area contributed by atoms with Crippen molar-refractivity contribution >= 4 is 61.1 Å². The molecule has 3 aromatic rings. The summed E-state index contributed by atoms with van der Waals surface area (Å²) in [7, 11) is -4.31. The van der Waals surface area contributed by atoms with Gasteiger partial charge in [-0.05, 0) is 74.1 Å². The fourth-order valence-corrected chi connectivity index (χ4v) is 9.25. The third-order valence-corrected chi connectivity index (χ3v) is 12.5. The molecule has 0 radical (unpaired) electrons. The standard InChI is InChI=1S/C32H37F3N6O9S2/c33-32(34,35)50-24-15-22-19(8-10-37-26(22)36)14-20(24)16-31(28(43)44,18-48-30(45)49-21-6-2-1-3-7-21)41-13-9-23(27(41)42)39-52(46,47)25-17-38-29(51-25)40-11-4-5-12-40/h8,10,14-15,17,21,23,39H,1-7,9,11-13,16,18H2,(H2,36,37)(H,43,44)/t23-,31+/m0/s1. The molecule has 4 N–H and O–H groups in total. The maximum Gasteiger partial charge on any atom is 0.573 e. The number of fused-ring (bicyclic) bond motifs is 1. The van der Waals surface area contributed by atoms with Crippen molar-refractivity contribution < 1.29 is 55.3 Å². The quantitative estimate of drug-likeness (QED) is 0.221. The van der Waals surface area contributed by atoms with Gasteiger partial charge in [0.15, 0.2) is 14.9 Å². The molecule has 3 fully saturated rings. The maximum atomic E-state index is 14.0. The molecule has 3 aliphatic rings. The minimum Gasteiger partial charge on any atom is -0.479 e. The zero-order valence-corrected chi connectivity index (χ0v) is 29.4. The molecule has 1 aromatic carbocycles. The first-order valence-electron chi connectivity index (χ1n) is 16.7. The molecule has 2 saturated heterocycles. The number of anilines is 2. The molecule has 0 bridgehead atoms. The van der Waals surface area contributed by atoms with Gasteiger partial charge in [-0.3, -0.25) is 4.79 Å². The molecule has 0 spiro atoms. The van der Waals surface area contributed by atoms with Crippen molar-refractivity contribution in [1.29, 1.82) is 0 Å². The molecule has 1 aliphatic carbocycles. The van der Waals surface area contributed by atoms with E-state index in [1.54, 1.807) is 0 Å². The topological polar surface area (TPSA) is 204 Å². The van der Waals surface area contributed by atoms with E-state index in [0.717, 1.165) is 67.5 Å². The van der Waals surface area contributed by atoms with Crippen LogP contribution in [0.4, 0.5) is 28.9 Å². The number of carboxylic acid groups (broad SMARTS) is 1. The summed E-state index contributed by atoms with van der Waals surface area (Å²) in [5, 5.41) is 11.7. The summed E-state index contributed by atoms with van der Waals surface area (Å²) >= 11 is 0.923. The van der Waals surface area contributed by atoms with E-state index >= 15 is 0 Å². The number of nitrogens with one attached hydrogen (secondary N) is 1. The van der Waals surface area contributed by atoms with Gasteiger partial charge in [0.25, 0.3) is 10.0 Å². The third-order valence-electron chi connectivity index (χ3n) is 9.46. The Morgan fingerprint density at radius 1 is 1.06 bits per heavy atom. The number of carbonyl (C=O) groups excluding carboxylic acids is 2. The van der Waals surface area contributed by atoms with Crippen LogP contribution < -0.4 is 20.1 Å². The fourth-order valence-electron chi connectivity index (χ4n) is 6.84. The SMILES string of the molecule is Nc1nccc2cc(C[C@@](COC(=O)OC3CCCCC3)(C(=O)O)N3CC[C@H](NS(=O)(=O)c4cnc(N5CCCC5)s4)C3=O)c(OC(F)(F)F)cc12. The summed E-state index contributed by atoms with van der Waals surface area (Å²) in [6.07, 6.45) is 0.0861. The van der Waals surface area contributed by atoms with Crippen molar-refractivity contribution in [3.05, 3.63) is 36.2 Å². The van der Waals surface area contributed by atoms with Gasteiger partial charge in [-0.2, -0.15) is 4.72 Å². The molecule has 2 aliphatic heterocycles. The second-order valence-electron chi connectivity index (χ2n) is 13.0. The lowest BCUT2D eigenvalue weighted by atomic mass is 9.88. The first-order chi connectivity index (χ1) is 24.6. The molecule has 6 rings (SSSR count). The third kappa shape index (κ3) is 8.12. The minimum atomic E-state index is -5.22. The van der Waals surface area contributed by atoms with E-state index in [1.807, 2.05) is 4.90 Å². The smallest absolute Gasteiger partial charge is 0.479 e. The van der Waals surface area contributed by atoms with Gasteiger partial charge in [0.1, 0.15) is 30.3 Å². The molecule has 2 atom stereocenters. The van der Waals surface area contributed by atoms with Crippen molar-refractivity contribution in [2.24, 2.45) is 0 Å². The van der Waals surface area contributed by atoms with Crippen LogP contribution in [0.3, 0.4) is 0 Å². The monoisotopic (exact) mass is 770 g/mol. The molecule has 52 heavy (non-hydrogen) atoms. The highest BCUT2D eigenvalue weighted by Crippen LogP contribution is 2.38. The van der Waals surface area contributed by atoms with Crippen LogP contribution in [0, 0.1) is 0 Å². The number of carbonyl (C=O) groups is 3. The number of aliphatic carboxylic acids is 1. The Kier molecular flexibility index (Phi) is 10.7. The Labute approximate surface area is 300 Å². The molecule has 4 heterocycles. The number of ether oxygens (including phenoxy) is 3. The Balaban J connectivity index is 1.32. The molecule has 0 unspecified atom stereocenters. The van der Waals surface area contributed by atoms with E-state index in [-0.39, 0.29) is 39.3 Å². The minimum absolute atomic E-state index is 0.0846. The largest absolute Gasteiger partial charge is 0.573 e. The van der Waals surface area contributed by atoms with Gasteiger partial charge >= 0.3 is 18.5 Å². The van der Waals surface area contributed by atoms with Gasteiger partial charge in [0.05, 0.1) is 6.20 Å². The zero-order chi connectivity index (χ0) is 37.3. The zero-order valence-electron chi connectivity index (χ0n) is 27.8.